The molecule has 0 aliphatic rings. The summed E-state index contributed by atoms with van der Waals surface area (Å²) in [6.45, 7) is 5.11. The van der Waals surface area contributed by atoms with Crippen molar-refractivity contribution in [3.05, 3.63) is 128 Å². The first-order chi connectivity index (χ1) is 23.0. The third-order valence-corrected chi connectivity index (χ3v) is 8.95. The lowest BCUT2D eigenvalue weighted by atomic mass is 9.88. The summed E-state index contributed by atoms with van der Waals surface area (Å²) < 4.78 is 11.8. The largest absolute Gasteiger partial charge is 0.494 e. The van der Waals surface area contributed by atoms with Gasteiger partial charge < -0.3 is 31.2 Å². The van der Waals surface area contributed by atoms with Crippen molar-refractivity contribution in [1.29, 1.82) is 0 Å². The Bertz CT molecular complexity index is 1560. The Hall–Kier alpha value is -4.08. The fourth-order valence-corrected chi connectivity index (χ4v) is 6.61. The summed E-state index contributed by atoms with van der Waals surface area (Å²) in [4.78, 5) is 23.2. The third-order valence-electron chi connectivity index (χ3n) is 8.29. The third kappa shape index (κ3) is 9.73. The van der Waals surface area contributed by atoms with Crippen LogP contribution in [0.3, 0.4) is 0 Å². The lowest BCUT2D eigenvalue weighted by Gasteiger charge is -2.20. The van der Waals surface area contributed by atoms with E-state index in [2.05, 4.69) is 0 Å². The van der Waals surface area contributed by atoms with Gasteiger partial charge in [-0.3, -0.25) is 9.59 Å². The Labute approximate surface area is 291 Å². The topological polar surface area (TPSA) is 145 Å². The van der Waals surface area contributed by atoms with Gasteiger partial charge in [-0.15, -0.1) is 0 Å². The number of hydrogen-bond donors (Lipinski definition) is 4. The van der Waals surface area contributed by atoms with Gasteiger partial charge in [-0.2, -0.15) is 0 Å². The second-order valence-corrected chi connectivity index (χ2v) is 12.8. The molecule has 48 heavy (non-hydrogen) atoms. The number of ether oxygens (including phenoxy) is 2. The second-order valence-electron chi connectivity index (χ2n) is 12.0. The van der Waals surface area contributed by atoms with E-state index in [1.54, 1.807) is 36.4 Å². The summed E-state index contributed by atoms with van der Waals surface area (Å²) in [7, 11) is 0. The van der Waals surface area contributed by atoms with Crippen LogP contribution in [0.25, 0.3) is 0 Å². The molecule has 4 unspecified atom stereocenters. The van der Waals surface area contributed by atoms with Crippen LogP contribution in [-0.4, -0.2) is 35.2 Å². The first kappa shape index (κ1) is 36.8. The zero-order valence-corrected chi connectivity index (χ0v) is 28.6. The molecular formula is C38H42Cl2N2O6. The Morgan fingerprint density at radius 2 is 0.979 bits per heavy atom. The molecule has 8 nitrogen and oxygen atoms in total. The number of amides is 2. The van der Waals surface area contributed by atoms with Crippen LogP contribution in [0.4, 0.5) is 0 Å². The van der Waals surface area contributed by atoms with Crippen LogP contribution < -0.4 is 20.9 Å². The number of benzene rings is 4. The Balaban J connectivity index is 1.19. The molecule has 4 atom stereocenters. The standard InChI is InChI=1S/C38H42Cl2N2O6/c1-23(33-29(35(43)37(41)45)7-5-9-31(33)39)21-25-11-15-27(16-12-25)47-19-3-4-20-48-28-17-13-26(14-18-28)22-24(2)34-30(36(44)38(42)46)8-6-10-32(34)40/h5-18,23-24,35-36,43-44H,3-4,19-22H2,1-2H3,(H2,41,45)(H2,42,46). The van der Waals surface area contributed by atoms with Gasteiger partial charge in [-0.05, 0) is 107 Å². The van der Waals surface area contributed by atoms with E-state index in [1.807, 2.05) is 62.4 Å². The molecule has 254 valence electrons. The summed E-state index contributed by atoms with van der Waals surface area (Å²) in [6.07, 6.45) is 0.135. The Morgan fingerprint density at radius 3 is 1.31 bits per heavy atom. The van der Waals surface area contributed by atoms with E-state index in [4.69, 9.17) is 44.1 Å². The molecule has 0 bridgehead atoms. The number of nitrogens with two attached hydrogens (primary N) is 2. The minimum atomic E-state index is -1.41. The minimum absolute atomic E-state index is 0.0552. The number of primary amides is 2. The van der Waals surface area contributed by atoms with Crippen LogP contribution in [-0.2, 0) is 22.4 Å². The molecular weight excluding hydrogens is 651 g/mol. The van der Waals surface area contributed by atoms with Gasteiger partial charge in [0.05, 0.1) is 13.2 Å². The number of carbonyl (C=O) groups is 2. The molecule has 4 aromatic rings. The molecule has 10 heteroatoms. The van der Waals surface area contributed by atoms with Gasteiger partial charge in [0.1, 0.15) is 11.5 Å². The molecule has 0 aliphatic carbocycles. The number of aliphatic hydroxyl groups excluding tert-OH is 2. The normalized spacial score (nSPS) is 13.7. The van der Waals surface area contributed by atoms with Gasteiger partial charge in [0.25, 0.3) is 11.8 Å². The highest BCUT2D eigenvalue weighted by Crippen LogP contribution is 2.35. The summed E-state index contributed by atoms with van der Waals surface area (Å²) in [5.74, 6) is -0.195. The lowest BCUT2D eigenvalue weighted by Crippen LogP contribution is -2.22. The van der Waals surface area contributed by atoms with Crippen molar-refractivity contribution in [3.8, 4) is 11.5 Å². The number of aliphatic hydroxyl groups is 2. The van der Waals surface area contributed by atoms with E-state index in [1.165, 1.54) is 0 Å². The predicted octanol–water partition coefficient (Wildman–Crippen LogP) is 6.96. The molecule has 0 heterocycles. The van der Waals surface area contributed by atoms with Gasteiger partial charge in [0, 0.05) is 10.0 Å². The van der Waals surface area contributed by atoms with Crippen molar-refractivity contribution in [3.63, 3.8) is 0 Å². The fourth-order valence-electron chi connectivity index (χ4n) is 5.87. The first-order valence-corrected chi connectivity index (χ1v) is 16.7. The van der Waals surface area contributed by atoms with Crippen LogP contribution in [0.2, 0.25) is 10.0 Å². The van der Waals surface area contributed by atoms with Gasteiger partial charge in [0.2, 0.25) is 0 Å². The summed E-state index contributed by atoms with van der Waals surface area (Å²) in [5.41, 5.74) is 15.1. The maximum absolute atomic E-state index is 11.6. The molecule has 4 aromatic carbocycles. The van der Waals surface area contributed by atoms with E-state index in [-0.39, 0.29) is 11.8 Å². The second kappa shape index (κ2) is 17.4. The summed E-state index contributed by atoms with van der Waals surface area (Å²) in [6, 6.07) is 25.9. The van der Waals surface area contributed by atoms with Crippen LogP contribution in [0.15, 0.2) is 84.9 Å². The number of hydrogen-bond acceptors (Lipinski definition) is 6. The van der Waals surface area contributed by atoms with Crippen molar-refractivity contribution in [2.75, 3.05) is 13.2 Å². The maximum atomic E-state index is 11.6. The molecule has 0 fully saturated rings. The monoisotopic (exact) mass is 692 g/mol. The van der Waals surface area contributed by atoms with Crippen molar-refractivity contribution in [1.82, 2.24) is 0 Å². The molecule has 0 saturated carbocycles. The smallest absolute Gasteiger partial charge is 0.250 e. The van der Waals surface area contributed by atoms with Gasteiger partial charge in [0.15, 0.2) is 12.2 Å². The quantitative estimate of drug-likeness (QED) is 0.0881. The van der Waals surface area contributed by atoms with Crippen LogP contribution in [0.5, 0.6) is 11.5 Å². The molecule has 0 spiro atoms. The van der Waals surface area contributed by atoms with E-state index < -0.39 is 24.0 Å². The molecule has 0 aliphatic heterocycles. The minimum Gasteiger partial charge on any atom is -0.494 e. The average Bonchev–Trinajstić information content (AvgIpc) is 3.06. The summed E-state index contributed by atoms with van der Waals surface area (Å²) >= 11 is 12.9. The Morgan fingerprint density at radius 1 is 0.625 bits per heavy atom. The first-order valence-electron chi connectivity index (χ1n) is 15.9. The number of unbranched alkanes of at least 4 members (excludes halogenated alkanes) is 1. The van der Waals surface area contributed by atoms with Crippen LogP contribution >= 0.6 is 23.2 Å². The molecule has 4 rings (SSSR count). The predicted molar refractivity (Wildman–Crippen MR) is 189 cm³/mol. The molecule has 0 aromatic heterocycles. The van der Waals surface area contributed by atoms with E-state index >= 15 is 0 Å². The highest BCUT2D eigenvalue weighted by atomic mass is 35.5. The molecule has 6 N–H and O–H groups in total. The molecule has 2 amide bonds. The number of rotatable bonds is 17. The van der Waals surface area contributed by atoms with Crippen LogP contribution in [0.1, 0.15) is 84.1 Å². The van der Waals surface area contributed by atoms with E-state index in [9.17, 15) is 19.8 Å². The zero-order chi connectivity index (χ0) is 34.8. The van der Waals surface area contributed by atoms with Crippen molar-refractivity contribution in [2.45, 2.75) is 63.6 Å². The highest BCUT2D eigenvalue weighted by Gasteiger charge is 2.24. The van der Waals surface area contributed by atoms with Gasteiger partial charge in [-0.25, -0.2) is 0 Å². The number of carbonyl (C=O) groups excluding carboxylic acids is 2. The zero-order valence-electron chi connectivity index (χ0n) is 27.1. The van der Waals surface area contributed by atoms with Crippen molar-refractivity contribution in [2.24, 2.45) is 11.5 Å². The Kier molecular flexibility index (Phi) is 13.3. The lowest BCUT2D eigenvalue weighted by molar-refractivity contribution is -0.127. The van der Waals surface area contributed by atoms with Crippen LogP contribution in [0, 0.1) is 0 Å². The maximum Gasteiger partial charge on any atom is 0.250 e. The van der Waals surface area contributed by atoms with E-state index in [0.29, 0.717) is 58.4 Å². The molecule has 0 saturated heterocycles. The van der Waals surface area contributed by atoms with Gasteiger partial charge in [-0.1, -0.05) is 85.6 Å². The van der Waals surface area contributed by atoms with Crippen molar-refractivity contribution < 1.29 is 29.3 Å². The SMILES string of the molecule is CC(Cc1ccc(OCCCCOc2ccc(CC(C)c3c(Cl)cccc3C(O)C(N)=O)cc2)cc1)c1c(Cl)cccc1C(O)C(N)=O. The fraction of sp³-hybridized carbons (Fsp3) is 0.316. The van der Waals surface area contributed by atoms with Gasteiger partial charge >= 0.3 is 0 Å². The van der Waals surface area contributed by atoms with E-state index in [0.717, 1.165) is 35.5 Å². The van der Waals surface area contributed by atoms with Crippen molar-refractivity contribution >= 4 is 35.0 Å². The average molecular weight is 694 g/mol. The molecule has 0 radical (unpaired) electrons. The number of halogens is 2. The highest BCUT2D eigenvalue weighted by molar-refractivity contribution is 6.32. The summed E-state index contributed by atoms with van der Waals surface area (Å²) in [5, 5.41) is 21.5.